The second-order valence-electron chi connectivity index (χ2n) is 5.80. The van der Waals surface area contributed by atoms with Gasteiger partial charge in [-0.25, -0.2) is 0 Å². The second-order valence-corrected chi connectivity index (χ2v) is 5.80. The van der Waals surface area contributed by atoms with E-state index in [1.807, 2.05) is 18.2 Å². The molecule has 1 aliphatic heterocycles. The van der Waals surface area contributed by atoms with Crippen molar-refractivity contribution in [2.45, 2.75) is 20.0 Å². The Bertz CT molecular complexity index is 439. The quantitative estimate of drug-likeness (QED) is 0.898. The summed E-state index contributed by atoms with van der Waals surface area (Å²) < 4.78 is 10.6. The van der Waals surface area contributed by atoms with Crippen LogP contribution in [0.5, 0.6) is 11.5 Å². The van der Waals surface area contributed by atoms with E-state index in [9.17, 15) is 5.11 Å². The molecule has 2 rings (SSSR count). The molecule has 1 N–H and O–H groups in total. The Morgan fingerprint density at radius 3 is 2.40 bits per heavy atom. The highest BCUT2D eigenvalue weighted by molar-refractivity contribution is 5.41. The van der Waals surface area contributed by atoms with E-state index in [4.69, 9.17) is 9.47 Å². The molecule has 20 heavy (non-hydrogen) atoms. The van der Waals surface area contributed by atoms with Gasteiger partial charge in [-0.15, -0.1) is 0 Å². The Morgan fingerprint density at radius 1 is 1.20 bits per heavy atom. The van der Waals surface area contributed by atoms with E-state index in [2.05, 4.69) is 18.7 Å². The maximum Gasteiger partial charge on any atom is 0.124 e. The molecule has 4 nitrogen and oxygen atoms in total. The van der Waals surface area contributed by atoms with E-state index in [1.165, 1.54) is 0 Å². The van der Waals surface area contributed by atoms with Gasteiger partial charge in [0.2, 0.25) is 0 Å². The van der Waals surface area contributed by atoms with Gasteiger partial charge in [0.15, 0.2) is 0 Å². The number of aliphatic hydroxyl groups excluding tert-OH is 1. The van der Waals surface area contributed by atoms with E-state index in [0.717, 1.165) is 24.4 Å². The fourth-order valence-electron chi connectivity index (χ4n) is 2.84. The van der Waals surface area contributed by atoms with Crippen LogP contribution in [0.2, 0.25) is 0 Å². The molecule has 0 aliphatic carbocycles. The van der Waals surface area contributed by atoms with Gasteiger partial charge < -0.3 is 14.6 Å². The summed E-state index contributed by atoms with van der Waals surface area (Å²) in [6.45, 7) is 7.26. The average Bonchev–Trinajstić information content (AvgIpc) is 2.76. The van der Waals surface area contributed by atoms with Gasteiger partial charge in [0.25, 0.3) is 0 Å². The maximum atomic E-state index is 10.5. The summed E-state index contributed by atoms with van der Waals surface area (Å²) in [6, 6.07) is 5.54. The molecule has 1 aromatic rings. The number of aliphatic hydroxyl groups is 1. The van der Waals surface area contributed by atoms with Crippen LogP contribution in [0.3, 0.4) is 0 Å². The molecule has 0 radical (unpaired) electrons. The van der Waals surface area contributed by atoms with Gasteiger partial charge in [-0.1, -0.05) is 13.8 Å². The number of β-amino-alcohol motifs (C(OH)–C–C–N with tert-alkyl or cyclic N) is 1. The van der Waals surface area contributed by atoms with Gasteiger partial charge >= 0.3 is 0 Å². The molecule has 4 heteroatoms. The summed E-state index contributed by atoms with van der Waals surface area (Å²) in [7, 11) is 3.25. The van der Waals surface area contributed by atoms with Crippen LogP contribution in [0.15, 0.2) is 18.2 Å². The molecular formula is C16H25NO3. The molecule has 1 saturated heterocycles. The summed E-state index contributed by atoms with van der Waals surface area (Å²) in [6.07, 6.45) is -0.558. The molecule has 1 aromatic carbocycles. The lowest BCUT2D eigenvalue weighted by Gasteiger charge is -2.22. The molecule has 0 amide bonds. The molecular weight excluding hydrogens is 254 g/mol. The fourth-order valence-corrected chi connectivity index (χ4v) is 2.84. The molecule has 1 aliphatic rings. The molecule has 0 saturated carbocycles. The smallest absolute Gasteiger partial charge is 0.124 e. The number of hydrogen-bond donors (Lipinski definition) is 1. The minimum absolute atomic E-state index is 0.558. The van der Waals surface area contributed by atoms with Gasteiger partial charge in [0.1, 0.15) is 11.5 Å². The van der Waals surface area contributed by atoms with Gasteiger partial charge in [0.05, 0.1) is 20.3 Å². The van der Waals surface area contributed by atoms with Crippen LogP contribution in [0.1, 0.15) is 25.5 Å². The van der Waals surface area contributed by atoms with E-state index in [-0.39, 0.29) is 0 Å². The van der Waals surface area contributed by atoms with Gasteiger partial charge in [0, 0.05) is 25.2 Å². The van der Waals surface area contributed by atoms with Crippen molar-refractivity contribution in [2.75, 3.05) is 33.9 Å². The number of methoxy groups -OCH3 is 2. The maximum absolute atomic E-state index is 10.5. The topological polar surface area (TPSA) is 41.9 Å². The predicted octanol–water partition coefficient (Wildman–Crippen LogP) is 2.33. The summed E-state index contributed by atoms with van der Waals surface area (Å²) in [4.78, 5) is 2.32. The van der Waals surface area contributed by atoms with Crippen LogP contribution in [0.4, 0.5) is 0 Å². The van der Waals surface area contributed by atoms with Crippen molar-refractivity contribution in [3.63, 3.8) is 0 Å². The van der Waals surface area contributed by atoms with Gasteiger partial charge in [-0.2, -0.15) is 0 Å². The van der Waals surface area contributed by atoms with Crippen LogP contribution >= 0.6 is 0 Å². The highest BCUT2D eigenvalue weighted by atomic mass is 16.5. The van der Waals surface area contributed by atoms with Crippen molar-refractivity contribution in [3.05, 3.63) is 23.8 Å². The fraction of sp³-hybridized carbons (Fsp3) is 0.625. The minimum atomic E-state index is -0.558. The highest BCUT2D eigenvalue weighted by Gasteiger charge is 2.28. The Balaban J connectivity index is 2.10. The molecule has 3 atom stereocenters. The summed E-state index contributed by atoms with van der Waals surface area (Å²) >= 11 is 0. The first-order valence-electron chi connectivity index (χ1n) is 7.17. The second kappa shape index (κ2) is 6.46. The third-order valence-corrected chi connectivity index (χ3v) is 4.29. The molecule has 0 spiro atoms. The Labute approximate surface area is 121 Å². The van der Waals surface area contributed by atoms with E-state index < -0.39 is 6.10 Å². The zero-order chi connectivity index (χ0) is 14.7. The lowest BCUT2D eigenvalue weighted by atomic mass is 10.0. The van der Waals surface area contributed by atoms with Crippen molar-refractivity contribution in [1.29, 1.82) is 0 Å². The predicted molar refractivity (Wildman–Crippen MR) is 79.3 cm³/mol. The van der Waals surface area contributed by atoms with E-state index >= 15 is 0 Å². The number of rotatable bonds is 5. The van der Waals surface area contributed by atoms with Crippen molar-refractivity contribution >= 4 is 0 Å². The first-order chi connectivity index (χ1) is 9.55. The van der Waals surface area contributed by atoms with Crippen LogP contribution in [-0.2, 0) is 0 Å². The lowest BCUT2D eigenvalue weighted by molar-refractivity contribution is 0.120. The monoisotopic (exact) mass is 279 g/mol. The minimum Gasteiger partial charge on any atom is -0.497 e. The number of nitrogens with zero attached hydrogens (tertiary/aromatic N) is 1. The molecule has 112 valence electrons. The van der Waals surface area contributed by atoms with Gasteiger partial charge in [-0.05, 0) is 30.0 Å². The van der Waals surface area contributed by atoms with Crippen molar-refractivity contribution in [3.8, 4) is 11.5 Å². The highest BCUT2D eigenvalue weighted by Crippen LogP contribution is 2.31. The van der Waals surface area contributed by atoms with E-state index in [0.29, 0.717) is 24.1 Å². The molecule has 3 unspecified atom stereocenters. The molecule has 1 fully saturated rings. The van der Waals surface area contributed by atoms with E-state index in [1.54, 1.807) is 14.2 Å². The Kier molecular flexibility index (Phi) is 4.89. The number of ether oxygens (including phenoxy) is 2. The Hall–Kier alpha value is -1.26. The summed E-state index contributed by atoms with van der Waals surface area (Å²) in [5.74, 6) is 2.82. The lowest BCUT2D eigenvalue weighted by Crippen LogP contribution is -2.26. The van der Waals surface area contributed by atoms with Crippen molar-refractivity contribution in [1.82, 2.24) is 4.90 Å². The van der Waals surface area contributed by atoms with Crippen LogP contribution in [-0.4, -0.2) is 43.9 Å². The first-order valence-corrected chi connectivity index (χ1v) is 7.17. The first kappa shape index (κ1) is 15.1. The third-order valence-electron chi connectivity index (χ3n) is 4.29. The normalized spacial score (nSPS) is 24.6. The zero-order valence-corrected chi connectivity index (χ0v) is 12.8. The zero-order valence-electron chi connectivity index (χ0n) is 12.8. The third kappa shape index (κ3) is 3.25. The summed E-state index contributed by atoms with van der Waals surface area (Å²) in [5, 5.41) is 10.5. The average molecular weight is 279 g/mol. The number of benzene rings is 1. The molecule has 0 aromatic heterocycles. The largest absolute Gasteiger partial charge is 0.497 e. The standard InChI is InChI=1S/C16H25NO3/c1-11-8-17(9-12(11)2)10-15(18)14-7-13(19-3)5-6-16(14)20-4/h5-7,11-12,15,18H,8-10H2,1-4H3. The molecule has 1 heterocycles. The van der Waals surface area contributed by atoms with Crippen molar-refractivity contribution in [2.24, 2.45) is 11.8 Å². The number of hydrogen-bond acceptors (Lipinski definition) is 4. The Morgan fingerprint density at radius 2 is 1.85 bits per heavy atom. The van der Waals surface area contributed by atoms with Crippen LogP contribution < -0.4 is 9.47 Å². The van der Waals surface area contributed by atoms with Crippen LogP contribution in [0, 0.1) is 11.8 Å². The SMILES string of the molecule is COc1ccc(OC)c(C(O)CN2CC(C)C(C)C2)c1. The van der Waals surface area contributed by atoms with Gasteiger partial charge in [-0.3, -0.25) is 4.90 Å². The van der Waals surface area contributed by atoms with Crippen LogP contribution in [0.25, 0.3) is 0 Å². The number of likely N-dealkylation sites (tertiary alicyclic amines) is 1. The summed E-state index contributed by atoms with van der Waals surface area (Å²) in [5.41, 5.74) is 0.791. The molecule has 0 bridgehead atoms. The van der Waals surface area contributed by atoms with Crippen molar-refractivity contribution < 1.29 is 14.6 Å².